The SMILES string of the molecule is O=C(CN1CCOCC1)N1N=C(c2ccc(Br)cc2)CC1c1nc2ccccc2[nH]1. The summed E-state index contributed by atoms with van der Waals surface area (Å²) in [5.74, 6) is 0.747. The van der Waals surface area contributed by atoms with Crippen molar-refractivity contribution in [1.29, 1.82) is 0 Å². The van der Waals surface area contributed by atoms with Gasteiger partial charge in [-0.05, 0) is 29.8 Å². The molecule has 154 valence electrons. The van der Waals surface area contributed by atoms with E-state index in [0.717, 1.165) is 45.7 Å². The predicted molar refractivity (Wildman–Crippen MR) is 118 cm³/mol. The number of benzene rings is 2. The number of hydrogen-bond donors (Lipinski definition) is 1. The highest BCUT2D eigenvalue weighted by Crippen LogP contribution is 2.32. The molecule has 1 unspecified atom stereocenters. The monoisotopic (exact) mass is 467 g/mol. The van der Waals surface area contributed by atoms with Crippen molar-refractivity contribution in [2.24, 2.45) is 5.10 Å². The summed E-state index contributed by atoms with van der Waals surface area (Å²) in [6.07, 6.45) is 0.621. The van der Waals surface area contributed by atoms with Gasteiger partial charge in [-0.3, -0.25) is 9.69 Å². The Morgan fingerprint density at radius 3 is 2.67 bits per heavy atom. The number of nitrogens with zero attached hydrogens (tertiary/aromatic N) is 4. The third kappa shape index (κ3) is 3.90. The number of hydrazone groups is 1. The van der Waals surface area contributed by atoms with Crippen molar-refractivity contribution in [3.05, 3.63) is 64.4 Å². The third-order valence-corrected chi connectivity index (χ3v) is 6.06. The van der Waals surface area contributed by atoms with E-state index in [4.69, 9.17) is 14.8 Å². The van der Waals surface area contributed by atoms with Gasteiger partial charge < -0.3 is 9.72 Å². The fourth-order valence-corrected chi connectivity index (χ4v) is 4.19. The Bertz CT molecular complexity index is 1060. The van der Waals surface area contributed by atoms with Crippen molar-refractivity contribution >= 4 is 38.6 Å². The topological polar surface area (TPSA) is 73.8 Å². The van der Waals surface area contributed by atoms with E-state index in [1.807, 2.05) is 48.5 Å². The fourth-order valence-electron chi connectivity index (χ4n) is 3.92. The molecule has 2 aromatic carbocycles. The van der Waals surface area contributed by atoms with Crippen molar-refractivity contribution in [3.63, 3.8) is 0 Å². The van der Waals surface area contributed by atoms with E-state index in [0.29, 0.717) is 26.2 Å². The molecule has 1 saturated heterocycles. The molecule has 2 aliphatic rings. The first-order chi connectivity index (χ1) is 14.7. The Morgan fingerprint density at radius 1 is 1.13 bits per heavy atom. The van der Waals surface area contributed by atoms with Crippen LogP contribution in [-0.2, 0) is 9.53 Å². The van der Waals surface area contributed by atoms with Crippen molar-refractivity contribution in [3.8, 4) is 0 Å². The third-order valence-electron chi connectivity index (χ3n) is 5.53. The Labute approximate surface area is 182 Å². The summed E-state index contributed by atoms with van der Waals surface area (Å²) in [4.78, 5) is 23.5. The number of rotatable bonds is 4. The average molecular weight is 468 g/mol. The molecule has 0 aliphatic carbocycles. The number of halogens is 1. The van der Waals surface area contributed by atoms with Crippen LogP contribution in [0.1, 0.15) is 23.9 Å². The van der Waals surface area contributed by atoms with E-state index < -0.39 is 0 Å². The lowest BCUT2D eigenvalue weighted by Crippen LogP contribution is -2.43. The summed E-state index contributed by atoms with van der Waals surface area (Å²) in [5, 5.41) is 6.36. The normalized spacial score (nSPS) is 20.0. The smallest absolute Gasteiger partial charge is 0.257 e. The molecule has 3 heterocycles. The van der Waals surface area contributed by atoms with E-state index in [1.54, 1.807) is 5.01 Å². The zero-order valence-electron chi connectivity index (χ0n) is 16.4. The second-order valence-electron chi connectivity index (χ2n) is 7.54. The molecule has 0 bridgehead atoms. The summed E-state index contributed by atoms with van der Waals surface area (Å²) in [5.41, 5.74) is 3.76. The van der Waals surface area contributed by atoms with Gasteiger partial charge in [-0.25, -0.2) is 9.99 Å². The number of ether oxygens (including phenoxy) is 1. The summed E-state index contributed by atoms with van der Waals surface area (Å²) >= 11 is 3.48. The van der Waals surface area contributed by atoms with Crippen LogP contribution in [0.3, 0.4) is 0 Å². The van der Waals surface area contributed by atoms with Crippen LogP contribution in [0.2, 0.25) is 0 Å². The number of H-pyrrole nitrogens is 1. The lowest BCUT2D eigenvalue weighted by atomic mass is 10.0. The number of aromatic nitrogens is 2. The van der Waals surface area contributed by atoms with Crippen LogP contribution in [0.4, 0.5) is 0 Å². The Kier molecular flexibility index (Phi) is 5.37. The van der Waals surface area contributed by atoms with Crippen LogP contribution in [0.15, 0.2) is 58.1 Å². The van der Waals surface area contributed by atoms with Gasteiger partial charge in [-0.1, -0.05) is 40.2 Å². The van der Waals surface area contributed by atoms with Crippen molar-refractivity contribution in [2.75, 3.05) is 32.8 Å². The van der Waals surface area contributed by atoms with Gasteiger partial charge >= 0.3 is 0 Å². The number of fused-ring (bicyclic) bond motifs is 1. The number of carbonyl (C=O) groups excluding carboxylic acids is 1. The molecular weight excluding hydrogens is 446 g/mol. The molecule has 3 aromatic rings. The molecule has 2 aliphatic heterocycles. The second kappa shape index (κ2) is 8.29. The number of carbonyl (C=O) groups is 1. The predicted octanol–water partition coefficient (Wildman–Crippen LogP) is 3.34. The molecule has 0 saturated carbocycles. The summed E-state index contributed by atoms with van der Waals surface area (Å²) in [6, 6.07) is 15.7. The molecule has 1 fully saturated rings. The molecule has 7 nitrogen and oxygen atoms in total. The van der Waals surface area contributed by atoms with Crippen LogP contribution in [0.25, 0.3) is 11.0 Å². The molecule has 5 rings (SSSR count). The highest BCUT2D eigenvalue weighted by molar-refractivity contribution is 9.10. The lowest BCUT2D eigenvalue weighted by molar-refractivity contribution is -0.135. The minimum Gasteiger partial charge on any atom is -0.379 e. The number of imidazole rings is 1. The fraction of sp³-hybridized carbons (Fsp3) is 0.318. The van der Waals surface area contributed by atoms with Crippen molar-refractivity contribution < 1.29 is 9.53 Å². The summed E-state index contributed by atoms with van der Waals surface area (Å²) in [6.45, 7) is 3.18. The van der Waals surface area contributed by atoms with Gasteiger partial charge in [0.15, 0.2) is 0 Å². The van der Waals surface area contributed by atoms with Gasteiger partial charge in [0.25, 0.3) is 5.91 Å². The zero-order valence-corrected chi connectivity index (χ0v) is 18.0. The number of amides is 1. The van der Waals surface area contributed by atoms with Crippen LogP contribution in [-0.4, -0.2) is 64.3 Å². The number of nitrogens with one attached hydrogen (secondary N) is 1. The number of morpholine rings is 1. The highest BCUT2D eigenvalue weighted by Gasteiger charge is 2.35. The molecule has 1 N–H and O–H groups in total. The molecular formula is C22H22BrN5O2. The molecule has 1 atom stereocenters. The van der Waals surface area contributed by atoms with Crippen LogP contribution in [0, 0.1) is 0 Å². The first-order valence-electron chi connectivity index (χ1n) is 10.1. The molecule has 1 aromatic heterocycles. The molecule has 8 heteroatoms. The van der Waals surface area contributed by atoms with Gasteiger partial charge in [0.05, 0.1) is 36.5 Å². The molecule has 1 amide bonds. The second-order valence-corrected chi connectivity index (χ2v) is 8.46. The van der Waals surface area contributed by atoms with Gasteiger partial charge in [0.2, 0.25) is 0 Å². The van der Waals surface area contributed by atoms with Crippen LogP contribution >= 0.6 is 15.9 Å². The number of para-hydroxylation sites is 2. The first kappa shape index (κ1) is 19.4. The van der Waals surface area contributed by atoms with E-state index in [9.17, 15) is 4.79 Å². The highest BCUT2D eigenvalue weighted by atomic mass is 79.9. The number of aromatic amines is 1. The molecule has 0 radical (unpaired) electrons. The quantitative estimate of drug-likeness (QED) is 0.638. The van der Waals surface area contributed by atoms with Crippen LogP contribution < -0.4 is 0 Å². The van der Waals surface area contributed by atoms with Crippen molar-refractivity contribution in [2.45, 2.75) is 12.5 Å². The van der Waals surface area contributed by atoms with Gasteiger partial charge in [0, 0.05) is 24.0 Å². The van der Waals surface area contributed by atoms with Gasteiger partial charge in [-0.15, -0.1) is 0 Å². The largest absolute Gasteiger partial charge is 0.379 e. The maximum atomic E-state index is 13.2. The minimum atomic E-state index is -0.246. The summed E-state index contributed by atoms with van der Waals surface area (Å²) < 4.78 is 6.42. The zero-order chi connectivity index (χ0) is 20.5. The van der Waals surface area contributed by atoms with Crippen LogP contribution in [0.5, 0.6) is 0 Å². The van der Waals surface area contributed by atoms with E-state index in [-0.39, 0.29) is 11.9 Å². The standard InChI is InChI=1S/C22H22BrN5O2/c23-16-7-5-15(6-8-16)19-13-20(22-24-17-3-1-2-4-18(17)25-22)28(26-19)21(29)14-27-9-11-30-12-10-27/h1-8,20H,9-14H2,(H,24,25). The van der Waals surface area contributed by atoms with E-state index in [2.05, 4.69) is 25.8 Å². The summed E-state index contributed by atoms with van der Waals surface area (Å²) in [7, 11) is 0. The maximum Gasteiger partial charge on any atom is 0.257 e. The minimum absolute atomic E-state index is 0.0190. The Morgan fingerprint density at radius 2 is 1.90 bits per heavy atom. The molecule has 30 heavy (non-hydrogen) atoms. The number of hydrogen-bond acceptors (Lipinski definition) is 5. The van der Waals surface area contributed by atoms with E-state index in [1.165, 1.54) is 0 Å². The average Bonchev–Trinajstić information content (AvgIpc) is 3.39. The van der Waals surface area contributed by atoms with Crippen molar-refractivity contribution in [1.82, 2.24) is 19.9 Å². The Hall–Kier alpha value is -2.55. The first-order valence-corrected chi connectivity index (χ1v) is 10.9. The Balaban J connectivity index is 1.45. The van der Waals surface area contributed by atoms with Gasteiger partial charge in [-0.2, -0.15) is 5.10 Å². The lowest BCUT2D eigenvalue weighted by Gasteiger charge is -2.28. The maximum absolute atomic E-state index is 13.2. The van der Waals surface area contributed by atoms with E-state index >= 15 is 0 Å². The van der Waals surface area contributed by atoms with Gasteiger partial charge in [0.1, 0.15) is 11.9 Å². The molecule has 0 spiro atoms.